The molecule has 1 amide bonds. The number of halogens is 3. The average molecular weight is 434 g/mol. The normalized spacial score (nSPS) is 15.2. The molecule has 0 atom stereocenters. The van der Waals surface area contributed by atoms with Crippen molar-refractivity contribution in [3.05, 3.63) is 53.6 Å². The first kappa shape index (κ1) is 21.1. The maximum Gasteiger partial charge on any atom is 0.433 e. The Morgan fingerprint density at radius 1 is 1.26 bits per heavy atom. The summed E-state index contributed by atoms with van der Waals surface area (Å²) in [4.78, 5) is 20.8. The second-order valence-corrected chi connectivity index (χ2v) is 7.37. The molecule has 1 N–H and O–H groups in total. The Kier molecular flexibility index (Phi) is 5.81. The molecule has 0 aliphatic carbocycles. The van der Waals surface area contributed by atoms with Gasteiger partial charge in [-0.2, -0.15) is 13.2 Å². The van der Waals surface area contributed by atoms with Crippen LogP contribution in [0.3, 0.4) is 0 Å². The monoisotopic (exact) mass is 434 g/mol. The number of nitrogens with one attached hydrogen (secondary N) is 1. The van der Waals surface area contributed by atoms with E-state index < -0.39 is 17.8 Å². The highest BCUT2D eigenvalue weighted by molar-refractivity contribution is 6.05. The summed E-state index contributed by atoms with van der Waals surface area (Å²) in [6, 6.07) is 4.95. The lowest BCUT2D eigenvalue weighted by Gasteiger charge is -2.20. The van der Waals surface area contributed by atoms with Crippen molar-refractivity contribution in [2.45, 2.75) is 25.4 Å². The Bertz CT molecular complexity index is 1090. The predicted octanol–water partition coefficient (Wildman–Crippen LogP) is 3.98. The number of imidazole rings is 1. The maximum atomic E-state index is 12.9. The number of aromatic nitrogens is 3. The zero-order chi connectivity index (χ0) is 22.0. The molecule has 1 saturated heterocycles. The van der Waals surface area contributed by atoms with Gasteiger partial charge in [0.25, 0.3) is 5.91 Å². The first-order chi connectivity index (χ1) is 14.8. The Balaban J connectivity index is 1.58. The highest BCUT2D eigenvalue weighted by Gasteiger charge is 2.32. The van der Waals surface area contributed by atoms with Crippen molar-refractivity contribution in [1.82, 2.24) is 14.4 Å². The SMILES string of the molecule is COc1cc2nc(CC3CCOCC3)cn2cc1C(=O)Nc1cccc(C(F)(F)F)n1. The number of nitrogens with zero attached hydrogens (tertiary/aromatic N) is 3. The molecule has 0 aromatic carbocycles. The van der Waals surface area contributed by atoms with Gasteiger partial charge in [-0.15, -0.1) is 0 Å². The molecule has 1 aliphatic heterocycles. The fraction of sp³-hybridized carbons (Fsp3) is 0.381. The molecular weight excluding hydrogens is 413 g/mol. The second-order valence-electron chi connectivity index (χ2n) is 7.37. The van der Waals surface area contributed by atoms with Gasteiger partial charge in [0.2, 0.25) is 0 Å². The summed E-state index contributed by atoms with van der Waals surface area (Å²) < 4.78 is 51.1. The fourth-order valence-electron chi connectivity index (χ4n) is 3.60. The molecule has 0 spiro atoms. The van der Waals surface area contributed by atoms with E-state index in [1.807, 2.05) is 6.20 Å². The first-order valence-corrected chi connectivity index (χ1v) is 9.82. The molecule has 7 nitrogen and oxygen atoms in total. The molecule has 0 radical (unpaired) electrons. The van der Waals surface area contributed by atoms with Crippen LogP contribution in [-0.2, 0) is 17.3 Å². The summed E-state index contributed by atoms with van der Waals surface area (Å²) in [5.41, 5.74) is 0.586. The summed E-state index contributed by atoms with van der Waals surface area (Å²) in [6.07, 6.45) is 1.57. The van der Waals surface area contributed by atoms with E-state index in [0.29, 0.717) is 11.6 Å². The van der Waals surface area contributed by atoms with Gasteiger partial charge in [-0.05, 0) is 37.3 Å². The fourth-order valence-corrected chi connectivity index (χ4v) is 3.60. The molecule has 3 aromatic heterocycles. The smallest absolute Gasteiger partial charge is 0.433 e. The molecule has 1 aliphatic rings. The number of amides is 1. The number of alkyl halides is 3. The van der Waals surface area contributed by atoms with E-state index in [1.165, 1.54) is 19.2 Å². The Labute approximate surface area is 176 Å². The molecule has 0 unspecified atom stereocenters. The Morgan fingerprint density at radius 3 is 2.74 bits per heavy atom. The second kappa shape index (κ2) is 8.54. The quantitative estimate of drug-likeness (QED) is 0.657. The zero-order valence-electron chi connectivity index (χ0n) is 16.8. The van der Waals surface area contributed by atoms with Gasteiger partial charge >= 0.3 is 6.18 Å². The third kappa shape index (κ3) is 4.79. The van der Waals surface area contributed by atoms with Gasteiger partial charge in [0.05, 0.1) is 18.4 Å². The lowest BCUT2D eigenvalue weighted by Crippen LogP contribution is -2.17. The Hall–Kier alpha value is -3.14. The summed E-state index contributed by atoms with van der Waals surface area (Å²) in [5, 5.41) is 2.40. The molecule has 10 heteroatoms. The van der Waals surface area contributed by atoms with Crippen molar-refractivity contribution < 1.29 is 27.4 Å². The van der Waals surface area contributed by atoms with Crippen molar-refractivity contribution in [2.24, 2.45) is 5.92 Å². The highest BCUT2D eigenvalue weighted by Crippen LogP contribution is 2.29. The molecule has 3 aromatic rings. The molecular formula is C21H21F3N4O3. The molecule has 164 valence electrons. The van der Waals surface area contributed by atoms with Crippen molar-refractivity contribution in [1.29, 1.82) is 0 Å². The van der Waals surface area contributed by atoms with Crippen molar-refractivity contribution in [3.63, 3.8) is 0 Å². The van der Waals surface area contributed by atoms with Gasteiger partial charge in [-0.25, -0.2) is 9.97 Å². The van der Waals surface area contributed by atoms with Crippen LogP contribution in [0, 0.1) is 5.92 Å². The standard InChI is InChI=1S/C21H21F3N4O3/c1-30-16-10-19-25-14(9-13-5-7-31-8-6-13)11-28(19)12-15(16)20(29)27-18-4-2-3-17(26-18)21(22,23)24/h2-4,10-13H,5-9H2,1H3,(H,26,27,29). The van der Waals surface area contributed by atoms with E-state index >= 15 is 0 Å². The maximum absolute atomic E-state index is 12.9. The van der Waals surface area contributed by atoms with Gasteiger partial charge < -0.3 is 19.2 Å². The third-order valence-electron chi connectivity index (χ3n) is 5.19. The number of hydrogen-bond acceptors (Lipinski definition) is 5. The van der Waals surface area contributed by atoms with Gasteiger partial charge in [0, 0.05) is 31.7 Å². The van der Waals surface area contributed by atoms with Gasteiger partial charge in [-0.3, -0.25) is 4.79 Å². The number of methoxy groups -OCH3 is 1. The van der Waals surface area contributed by atoms with E-state index in [4.69, 9.17) is 9.47 Å². The number of rotatable bonds is 5. The summed E-state index contributed by atoms with van der Waals surface area (Å²) in [5.74, 6) is -0.0754. The van der Waals surface area contributed by atoms with Gasteiger partial charge in [-0.1, -0.05) is 6.07 Å². The number of carbonyl (C=O) groups is 1. The van der Waals surface area contributed by atoms with Crippen LogP contribution in [0.5, 0.6) is 5.75 Å². The van der Waals surface area contributed by atoms with Crippen LogP contribution in [0.25, 0.3) is 5.65 Å². The van der Waals surface area contributed by atoms with E-state index in [0.717, 1.165) is 44.2 Å². The van der Waals surface area contributed by atoms with E-state index in [2.05, 4.69) is 15.3 Å². The zero-order valence-corrected chi connectivity index (χ0v) is 16.8. The number of hydrogen-bond donors (Lipinski definition) is 1. The van der Waals surface area contributed by atoms with Crippen LogP contribution in [0.2, 0.25) is 0 Å². The lowest BCUT2D eigenvalue weighted by molar-refractivity contribution is -0.141. The highest BCUT2D eigenvalue weighted by atomic mass is 19.4. The van der Waals surface area contributed by atoms with Crippen LogP contribution < -0.4 is 10.1 Å². The van der Waals surface area contributed by atoms with E-state index in [9.17, 15) is 18.0 Å². The van der Waals surface area contributed by atoms with Crippen LogP contribution in [0.4, 0.5) is 19.0 Å². The average Bonchev–Trinajstić information content (AvgIpc) is 3.14. The number of fused-ring (bicyclic) bond motifs is 1. The topological polar surface area (TPSA) is 77.8 Å². The number of ether oxygens (including phenoxy) is 2. The number of pyridine rings is 2. The molecule has 1 fully saturated rings. The van der Waals surface area contributed by atoms with E-state index in [-0.39, 0.29) is 17.1 Å². The van der Waals surface area contributed by atoms with Crippen molar-refractivity contribution >= 4 is 17.4 Å². The van der Waals surface area contributed by atoms with Crippen molar-refractivity contribution in [3.8, 4) is 5.75 Å². The summed E-state index contributed by atoms with van der Waals surface area (Å²) in [6.45, 7) is 1.50. The third-order valence-corrected chi connectivity index (χ3v) is 5.19. The van der Waals surface area contributed by atoms with Crippen LogP contribution in [0.15, 0.2) is 36.7 Å². The minimum Gasteiger partial charge on any atom is -0.496 e. The van der Waals surface area contributed by atoms with Gasteiger partial charge in [0.15, 0.2) is 0 Å². The summed E-state index contributed by atoms with van der Waals surface area (Å²) in [7, 11) is 1.41. The van der Waals surface area contributed by atoms with Crippen LogP contribution >= 0.6 is 0 Å². The number of anilines is 1. The predicted molar refractivity (Wildman–Crippen MR) is 106 cm³/mol. The molecule has 31 heavy (non-hydrogen) atoms. The van der Waals surface area contributed by atoms with Crippen LogP contribution in [-0.4, -0.2) is 40.6 Å². The largest absolute Gasteiger partial charge is 0.496 e. The molecule has 4 rings (SSSR count). The van der Waals surface area contributed by atoms with Crippen molar-refractivity contribution in [2.75, 3.05) is 25.6 Å². The minimum absolute atomic E-state index is 0.157. The Morgan fingerprint density at radius 2 is 2.03 bits per heavy atom. The lowest BCUT2D eigenvalue weighted by atomic mass is 9.95. The molecule has 4 heterocycles. The number of carbonyl (C=O) groups excluding carboxylic acids is 1. The molecule has 0 bridgehead atoms. The molecule has 0 saturated carbocycles. The first-order valence-electron chi connectivity index (χ1n) is 9.82. The van der Waals surface area contributed by atoms with Crippen LogP contribution in [0.1, 0.15) is 34.6 Å². The van der Waals surface area contributed by atoms with E-state index in [1.54, 1.807) is 16.7 Å². The minimum atomic E-state index is -4.60. The summed E-state index contributed by atoms with van der Waals surface area (Å²) >= 11 is 0. The van der Waals surface area contributed by atoms with Gasteiger partial charge in [0.1, 0.15) is 22.9 Å².